The fourth-order valence-corrected chi connectivity index (χ4v) is 6.53. The molecule has 338 valence electrons. The molecule has 0 aliphatic carbocycles. The van der Waals surface area contributed by atoms with Gasteiger partial charge in [0.05, 0.1) is 6.04 Å². The smallest absolute Gasteiger partial charge is 0.247 e. The summed E-state index contributed by atoms with van der Waals surface area (Å²) in [6.45, 7) is 18.6. The van der Waals surface area contributed by atoms with Crippen molar-refractivity contribution in [3.05, 3.63) is 42.1 Å². The van der Waals surface area contributed by atoms with Crippen molar-refractivity contribution in [3.63, 3.8) is 0 Å². The lowest BCUT2D eigenvalue weighted by atomic mass is 9.98. The topological polar surface area (TPSA) is 230 Å². The van der Waals surface area contributed by atoms with Gasteiger partial charge in [0, 0.05) is 17.7 Å². The molecule has 0 saturated heterocycles. The molecule has 0 fully saturated rings. The van der Waals surface area contributed by atoms with Crippen LogP contribution in [-0.2, 0) is 33.6 Å². The number of hydrogen-bond donors (Lipinski definition) is 10. The van der Waals surface area contributed by atoms with Crippen LogP contribution in [0.3, 0.4) is 0 Å². The van der Waals surface area contributed by atoms with Crippen molar-refractivity contribution in [2.75, 3.05) is 11.5 Å². The Labute approximate surface area is 368 Å². The molecule has 1 aromatic carbocycles. The Bertz CT molecular complexity index is 1580. The van der Waals surface area contributed by atoms with Crippen LogP contribution < -0.4 is 43.0 Å². The van der Waals surface area contributed by atoms with Crippen LogP contribution in [0, 0.1) is 29.6 Å². The van der Waals surface area contributed by atoms with Crippen molar-refractivity contribution in [2.24, 2.45) is 35.3 Å². The summed E-state index contributed by atoms with van der Waals surface area (Å²) >= 11 is 8.51. The molecule has 1 aromatic rings. The minimum Gasteiger partial charge on any atom is -0.343 e. The van der Waals surface area contributed by atoms with Gasteiger partial charge in [-0.2, -0.15) is 25.3 Å². The van der Waals surface area contributed by atoms with Gasteiger partial charge in [0.15, 0.2) is 0 Å². The molecule has 0 saturated carbocycles. The summed E-state index contributed by atoms with van der Waals surface area (Å²) in [5.41, 5.74) is 6.84. The molecule has 0 aliphatic heterocycles. The molecule has 9 N–H and O–H groups in total. The third kappa shape index (κ3) is 20.4. The van der Waals surface area contributed by atoms with Gasteiger partial charge < -0.3 is 43.0 Å². The maximum atomic E-state index is 14.0. The summed E-state index contributed by atoms with van der Waals surface area (Å²) in [7, 11) is 0. The van der Waals surface area contributed by atoms with Crippen molar-refractivity contribution in [1.29, 1.82) is 0 Å². The number of benzene rings is 1. The van der Waals surface area contributed by atoms with Gasteiger partial charge in [0.1, 0.15) is 36.3 Å². The van der Waals surface area contributed by atoms with Crippen LogP contribution in [0.5, 0.6) is 0 Å². The molecule has 60 heavy (non-hydrogen) atoms. The Kier molecular flexibility index (Phi) is 24.9. The number of amides is 7. The zero-order chi connectivity index (χ0) is 45.7. The van der Waals surface area contributed by atoms with E-state index in [9.17, 15) is 33.6 Å². The van der Waals surface area contributed by atoms with Gasteiger partial charge in [-0.25, -0.2) is 0 Å². The number of carbonyl (C=O) groups is 7. The molecular weight excluding hydrogens is 805 g/mol. The Morgan fingerprint density at radius 3 is 1.10 bits per heavy atom. The summed E-state index contributed by atoms with van der Waals surface area (Å²) in [6, 6.07) is 2.16. The number of rotatable bonds is 26. The third-order valence-electron chi connectivity index (χ3n) is 9.31. The Hall–Kier alpha value is -4.09. The molecule has 17 heteroatoms. The highest BCUT2D eigenvalue weighted by Crippen LogP contribution is 2.13. The van der Waals surface area contributed by atoms with Gasteiger partial charge in [-0.3, -0.25) is 33.6 Å². The van der Waals surface area contributed by atoms with Crippen LogP contribution in [0.2, 0.25) is 0 Å². The van der Waals surface area contributed by atoms with Gasteiger partial charge in [0.2, 0.25) is 41.4 Å². The first kappa shape index (κ1) is 53.9. The van der Waals surface area contributed by atoms with E-state index >= 15 is 0 Å². The van der Waals surface area contributed by atoms with Gasteiger partial charge in [-0.05, 0) is 66.9 Å². The molecule has 0 aliphatic rings. The number of hydrogen-bond acceptors (Lipinski definition) is 10. The van der Waals surface area contributed by atoms with Gasteiger partial charge >= 0.3 is 0 Å². The van der Waals surface area contributed by atoms with Gasteiger partial charge in [-0.1, -0.05) is 99.6 Å². The number of carbonyl (C=O) groups excluding carboxylic acids is 7. The Morgan fingerprint density at radius 2 is 0.783 bits per heavy atom. The van der Waals surface area contributed by atoms with Crippen molar-refractivity contribution in [2.45, 2.75) is 137 Å². The highest BCUT2D eigenvalue weighted by Gasteiger charge is 2.34. The van der Waals surface area contributed by atoms with E-state index in [1.807, 2.05) is 85.7 Å². The van der Waals surface area contributed by atoms with E-state index in [1.165, 1.54) is 6.20 Å². The largest absolute Gasteiger partial charge is 0.343 e. The quantitative estimate of drug-likeness (QED) is 0.0621. The highest BCUT2D eigenvalue weighted by molar-refractivity contribution is 7.80. The fraction of sp³-hybridized carbons (Fsp3) is 0.651. The first-order chi connectivity index (χ1) is 28.1. The lowest BCUT2D eigenvalue weighted by Gasteiger charge is -2.29. The van der Waals surface area contributed by atoms with Crippen molar-refractivity contribution in [1.82, 2.24) is 37.2 Å². The summed E-state index contributed by atoms with van der Waals surface area (Å²) < 4.78 is 0. The summed E-state index contributed by atoms with van der Waals surface area (Å²) in [5.74, 6) is -4.47. The molecule has 15 nitrogen and oxygen atoms in total. The van der Waals surface area contributed by atoms with Crippen molar-refractivity contribution in [3.8, 4) is 0 Å². The van der Waals surface area contributed by atoms with Gasteiger partial charge in [-0.15, -0.1) is 0 Å². The SMILES string of the molecule is CC(C)C[C@H](NC(=O)[C@H](CC(C)C)NC(=O)[C@H](CC(C)C)NC(=O)[C@H](CC(C)C)NC(=O)[C@H](CS)NC(=O)[C@@H](N)C(C)C)C(=O)N[C@@H](CS)C(=O)N/C=C\c1ccccc1. The highest BCUT2D eigenvalue weighted by atomic mass is 32.1. The van der Waals surface area contributed by atoms with E-state index in [-0.39, 0.29) is 66.8 Å². The van der Waals surface area contributed by atoms with Crippen LogP contribution in [0.1, 0.15) is 100 Å². The average molecular weight is 877 g/mol. The van der Waals surface area contributed by atoms with E-state index in [4.69, 9.17) is 5.73 Å². The third-order valence-corrected chi connectivity index (χ3v) is 10.0. The first-order valence-corrected chi connectivity index (χ1v) is 22.2. The minimum absolute atomic E-state index is 0.00483. The molecule has 0 radical (unpaired) electrons. The second-order valence-electron chi connectivity index (χ2n) is 17.3. The predicted octanol–water partition coefficient (Wildman–Crippen LogP) is 2.71. The number of nitrogens with one attached hydrogen (secondary N) is 7. The van der Waals surface area contributed by atoms with E-state index in [0.717, 1.165) is 5.56 Å². The van der Waals surface area contributed by atoms with Crippen molar-refractivity contribution >= 4 is 72.7 Å². The molecular formula is C43H72N8O7S2. The van der Waals surface area contributed by atoms with Crippen LogP contribution in [-0.4, -0.2) is 95.1 Å². The average Bonchev–Trinajstić information content (AvgIpc) is 3.16. The predicted molar refractivity (Wildman–Crippen MR) is 244 cm³/mol. The maximum Gasteiger partial charge on any atom is 0.247 e. The second kappa shape index (κ2) is 27.7. The zero-order valence-corrected chi connectivity index (χ0v) is 38.8. The van der Waals surface area contributed by atoms with E-state index in [1.54, 1.807) is 19.9 Å². The minimum atomic E-state index is -1.09. The molecule has 0 heterocycles. The molecule has 1 rings (SSSR count). The summed E-state index contributed by atoms with van der Waals surface area (Å²) in [4.78, 5) is 94.4. The van der Waals surface area contributed by atoms with Crippen molar-refractivity contribution < 1.29 is 33.6 Å². The standard InChI is InChI=1S/C43H72N8O7S2/c1-24(2)18-30(47-40(55)32(20-26(5)6)49-42(57)35(23-60)51-43(58)36(44)28(9)10)38(53)46-31(19-25(3)4)39(54)48-33(21-27(7)8)41(56)50-34(22-59)37(52)45-17-16-29-14-12-11-13-15-29/h11-17,24-28,30-36,59-60H,18-23,44H2,1-10H3,(H,45,52)(H,46,53)(H,47,55)(H,48,54)(H,49,57)(H,50,56)(H,51,58)/b17-16-/t30-,31-,32-,33-,34-,35-,36-/m0/s1. The number of nitrogens with two attached hydrogens (primary N) is 1. The van der Waals surface area contributed by atoms with Gasteiger partial charge in [0.25, 0.3) is 0 Å². The second-order valence-corrected chi connectivity index (χ2v) is 18.0. The molecule has 0 spiro atoms. The molecule has 0 bridgehead atoms. The lowest BCUT2D eigenvalue weighted by molar-refractivity contribution is -0.136. The fourth-order valence-electron chi connectivity index (χ4n) is 6.02. The monoisotopic (exact) mass is 876 g/mol. The normalized spacial score (nSPS) is 15.2. The van der Waals surface area contributed by atoms with Crippen LogP contribution in [0.15, 0.2) is 36.5 Å². The molecule has 0 unspecified atom stereocenters. The van der Waals surface area contributed by atoms with E-state index in [0.29, 0.717) is 0 Å². The molecule has 7 atom stereocenters. The lowest BCUT2D eigenvalue weighted by Crippen LogP contribution is -2.60. The first-order valence-electron chi connectivity index (χ1n) is 20.9. The zero-order valence-electron chi connectivity index (χ0n) is 37.0. The Balaban J connectivity index is 3.23. The van der Waals surface area contributed by atoms with Crippen LogP contribution in [0.4, 0.5) is 0 Å². The summed E-state index contributed by atoms with van der Waals surface area (Å²) in [6.07, 6.45) is 4.09. The van der Waals surface area contributed by atoms with Crippen LogP contribution in [0.25, 0.3) is 6.08 Å². The Morgan fingerprint density at radius 1 is 0.483 bits per heavy atom. The molecule has 7 amide bonds. The maximum absolute atomic E-state index is 14.0. The van der Waals surface area contributed by atoms with Crippen LogP contribution >= 0.6 is 25.3 Å². The number of thiol groups is 2. The van der Waals surface area contributed by atoms with E-state index in [2.05, 4.69) is 62.5 Å². The van der Waals surface area contributed by atoms with E-state index < -0.39 is 83.6 Å². The summed E-state index contributed by atoms with van der Waals surface area (Å²) in [5, 5.41) is 19.1. The molecule has 0 aromatic heterocycles.